The standard InChI is InChI=1S/C21H33FN4O/c22-19-8-4-9-20(15-19)24-21(27)23-16-18-7-5-12-26(17-18)14-6-13-25-10-2-1-3-11-25/h4,8-9,15,18H,1-3,5-7,10-14,16-17H2,(H2,23,24,27)/t18-/m1/s1. The normalized spacial score (nSPS) is 21.7. The predicted octanol–water partition coefficient (Wildman–Crippen LogP) is 3.54. The Hall–Kier alpha value is -1.66. The Kier molecular flexibility index (Phi) is 7.90. The molecule has 2 saturated heterocycles. The van der Waals surface area contributed by atoms with Crippen LogP contribution in [0.3, 0.4) is 0 Å². The minimum absolute atomic E-state index is 0.261. The van der Waals surface area contributed by atoms with Crippen LogP contribution in [0.4, 0.5) is 14.9 Å². The number of hydrogen-bond acceptors (Lipinski definition) is 3. The van der Waals surface area contributed by atoms with E-state index >= 15 is 0 Å². The lowest BCUT2D eigenvalue weighted by atomic mass is 9.98. The average Bonchev–Trinajstić information content (AvgIpc) is 2.68. The van der Waals surface area contributed by atoms with E-state index in [0.29, 0.717) is 18.2 Å². The van der Waals surface area contributed by atoms with Crippen molar-refractivity contribution >= 4 is 11.7 Å². The number of nitrogens with zero attached hydrogens (tertiary/aromatic N) is 2. The van der Waals surface area contributed by atoms with Crippen LogP contribution in [0.25, 0.3) is 0 Å². The van der Waals surface area contributed by atoms with E-state index in [-0.39, 0.29) is 11.8 Å². The van der Waals surface area contributed by atoms with Crippen molar-refractivity contribution in [3.63, 3.8) is 0 Å². The Labute approximate surface area is 162 Å². The van der Waals surface area contributed by atoms with Gasteiger partial charge in [-0.05, 0) is 88.9 Å². The third-order valence-corrected chi connectivity index (χ3v) is 5.63. The smallest absolute Gasteiger partial charge is 0.319 e. The molecule has 0 saturated carbocycles. The van der Waals surface area contributed by atoms with Gasteiger partial charge in [-0.1, -0.05) is 12.5 Å². The Balaban J connectivity index is 1.32. The van der Waals surface area contributed by atoms with E-state index in [0.717, 1.165) is 19.5 Å². The third-order valence-electron chi connectivity index (χ3n) is 5.63. The molecule has 0 unspecified atom stereocenters. The number of anilines is 1. The van der Waals surface area contributed by atoms with Gasteiger partial charge >= 0.3 is 6.03 Å². The molecule has 2 fully saturated rings. The number of nitrogens with one attached hydrogen (secondary N) is 2. The fourth-order valence-corrected chi connectivity index (χ4v) is 4.20. The second-order valence-electron chi connectivity index (χ2n) is 7.91. The Morgan fingerprint density at radius 3 is 2.67 bits per heavy atom. The quantitative estimate of drug-likeness (QED) is 0.765. The highest BCUT2D eigenvalue weighted by molar-refractivity contribution is 5.89. The predicted molar refractivity (Wildman–Crippen MR) is 107 cm³/mol. The first-order chi connectivity index (χ1) is 13.2. The summed E-state index contributed by atoms with van der Waals surface area (Å²) in [5.41, 5.74) is 0.482. The molecule has 5 nitrogen and oxygen atoms in total. The van der Waals surface area contributed by atoms with Crippen molar-refractivity contribution in [3.8, 4) is 0 Å². The summed E-state index contributed by atoms with van der Waals surface area (Å²) in [6.45, 7) is 7.81. The molecule has 1 atom stereocenters. The van der Waals surface area contributed by atoms with E-state index in [4.69, 9.17) is 0 Å². The van der Waals surface area contributed by atoms with Crippen LogP contribution in [0.2, 0.25) is 0 Å². The molecule has 2 amide bonds. The molecule has 2 N–H and O–H groups in total. The summed E-state index contributed by atoms with van der Waals surface area (Å²) in [7, 11) is 0. The summed E-state index contributed by atoms with van der Waals surface area (Å²) in [5, 5.41) is 5.64. The minimum atomic E-state index is -0.347. The van der Waals surface area contributed by atoms with Gasteiger partial charge in [0.1, 0.15) is 5.82 Å². The van der Waals surface area contributed by atoms with Crippen LogP contribution in [0, 0.1) is 11.7 Å². The zero-order valence-electron chi connectivity index (χ0n) is 16.3. The molecule has 0 radical (unpaired) electrons. The fourth-order valence-electron chi connectivity index (χ4n) is 4.20. The van der Waals surface area contributed by atoms with Crippen LogP contribution >= 0.6 is 0 Å². The number of hydrogen-bond donors (Lipinski definition) is 2. The van der Waals surface area contributed by atoms with Crippen molar-refractivity contribution in [3.05, 3.63) is 30.1 Å². The molecular formula is C21H33FN4O. The molecular weight excluding hydrogens is 343 g/mol. The van der Waals surface area contributed by atoms with Crippen molar-refractivity contribution in [2.75, 3.05) is 51.1 Å². The van der Waals surface area contributed by atoms with Gasteiger partial charge in [0.05, 0.1) is 0 Å². The van der Waals surface area contributed by atoms with Crippen LogP contribution in [-0.4, -0.2) is 61.6 Å². The highest BCUT2D eigenvalue weighted by atomic mass is 19.1. The van der Waals surface area contributed by atoms with Crippen molar-refractivity contribution < 1.29 is 9.18 Å². The highest BCUT2D eigenvalue weighted by Gasteiger charge is 2.20. The van der Waals surface area contributed by atoms with Crippen molar-refractivity contribution in [1.29, 1.82) is 0 Å². The SMILES string of the molecule is O=C(NC[C@H]1CCCN(CCCN2CCCCC2)C1)Nc1cccc(F)c1. The van der Waals surface area contributed by atoms with Gasteiger partial charge in [0, 0.05) is 18.8 Å². The molecule has 1 aromatic rings. The molecule has 2 heterocycles. The number of carbonyl (C=O) groups is 1. The van der Waals surface area contributed by atoms with E-state index in [1.54, 1.807) is 12.1 Å². The summed E-state index contributed by atoms with van der Waals surface area (Å²) in [6, 6.07) is 5.71. The Morgan fingerprint density at radius 1 is 1.07 bits per heavy atom. The van der Waals surface area contributed by atoms with Crippen molar-refractivity contribution in [2.45, 2.75) is 38.5 Å². The molecule has 150 valence electrons. The zero-order chi connectivity index (χ0) is 18.9. The van der Waals surface area contributed by atoms with E-state index in [2.05, 4.69) is 20.4 Å². The Bertz CT molecular complexity index is 591. The lowest BCUT2D eigenvalue weighted by Crippen LogP contribution is -2.42. The molecule has 27 heavy (non-hydrogen) atoms. The number of benzene rings is 1. The van der Waals surface area contributed by atoms with Crippen LogP contribution in [0.1, 0.15) is 38.5 Å². The van der Waals surface area contributed by atoms with Crippen LogP contribution < -0.4 is 10.6 Å². The van der Waals surface area contributed by atoms with Gasteiger partial charge in [-0.15, -0.1) is 0 Å². The van der Waals surface area contributed by atoms with E-state index in [9.17, 15) is 9.18 Å². The summed E-state index contributed by atoms with van der Waals surface area (Å²) in [6.07, 6.45) is 7.69. The topological polar surface area (TPSA) is 47.6 Å². The molecule has 2 aliphatic heterocycles. The number of piperidine rings is 2. The number of amides is 2. The number of halogens is 1. The van der Waals surface area contributed by atoms with Gasteiger partial charge in [0.25, 0.3) is 0 Å². The number of rotatable bonds is 7. The first kappa shape index (κ1) is 20.1. The van der Waals surface area contributed by atoms with Crippen molar-refractivity contribution in [2.24, 2.45) is 5.92 Å². The first-order valence-corrected chi connectivity index (χ1v) is 10.4. The van der Waals surface area contributed by atoms with E-state index in [1.807, 2.05) is 0 Å². The van der Waals surface area contributed by atoms with Gasteiger partial charge in [-0.3, -0.25) is 0 Å². The Morgan fingerprint density at radius 2 is 1.85 bits per heavy atom. The maximum Gasteiger partial charge on any atom is 0.319 e. The lowest BCUT2D eigenvalue weighted by Gasteiger charge is -2.33. The van der Waals surface area contributed by atoms with Gasteiger partial charge < -0.3 is 20.4 Å². The van der Waals surface area contributed by atoms with Gasteiger partial charge in [-0.2, -0.15) is 0 Å². The molecule has 2 aliphatic rings. The third kappa shape index (κ3) is 7.11. The molecule has 0 bridgehead atoms. The van der Waals surface area contributed by atoms with E-state index in [1.165, 1.54) is 70.4 Å². The average molecular weight is 377 g/mol. The molecule has 0 aliphatic carbocycles. The molecule has 0 spiro atoms. The lowest BCUT2D eigenvalue weighted by molar-refractivity contribution is 0.156. The first-order valence-electron chi connectivity index (χ1n) is 10.4. The number of urea groups is 1. The van der Waals surface area contributed by atoms with Gasteiger partial charge in [-0.25, -0.2) is 9.18 Å². The molecule has 0 aromatic heterocycles. The summed E-state index contributed by atoms with van der Waals surface area (Å²) in [4.78, 5) is 17.2. The van der Waals surface area contributed by atoms with E-state index < -0.39 is 0 Å². The number of likely N-dealkylation sites (tertiary alicyclic amines) is 2. The number of carbonyl (C=O) groups excluding carboxylic acids is 1. The fraction of sp³-hybridized carbons (Fsp3) is 0.667. The largest absolute Gasteiger partial charge is 0.338 e. The molecule has 3 rings (SSSR count). The molecule has 1 aromatic carbocycles. The minimum Gasteiger partial charge on any atom is -0.338 e. The maximum absolute atomic E-state index is 13.2. The van der Waals surface area contributed by atoms with Gasteiger partial charge in [0.15, 0.2) is 0 Å². The van der Waals surface area contributed by atoms with Gasteiger partial charge in [0.2, 0.25) is 0 Å². The second-order valence-corrected chi connectivity index (χ2v) is 7.91. The zero-order valence-corrected chi connectivity index (χ0v) is 16.3. The van der Waals surface area contributed by atoms with Crippen LogP contribution in [0.5, 0.6) is 0 Å². The molecule has 6 heteroatoms. The maximum atomic E-state index is 13.2. The van der Waals surface area contributed by atoms with Crippen LogP contribution in [-0.2, 0) is 0 Å². The second kappa shape index (κ2) is 10.6. The van der Waals surface area contributed by atoms with Crippen molar-refractivity contribution in [1.82, 2.24) is 15.1 Å². The monoisotopic (exact) mass is 376 g/mol. The summed E-state index contributed by atoms with van der Waals surface area (Å²) < 4.78 is 13.2. The summed E-state index contributed by atoms with van der Waals surface area (Å²) in [5.74, 6) is 0.146. The van der Waals surface area contributed by atoms with Crippen LogP contribution in [0.15, 0.2) is 24.3 Å². The highest BCUT2D eigenvalue weighted by Crippen LogP contribution is 2.17. The summed E-state index contributed by atoms with van der Waals surface area (Å²) >= 11 is 0.